The topological polar surface area (TPSA) is 81.7 Å². The molecule has 6 nitrogen and oxygen atoms in total. The van der Waals surface area contributed by atoms with Crippen LogP contribution < -0.4 is 5.32 Å². The summed E-state index contributed by atoms with van der Waals surface area (Å²) in [6.45, 7) is 1.36. The van der Waals surface area contributed by atoms with Gasteiger partial charge < -0.3 is 14.8 Å². The third kappa shape index (κ3) is 5.97. The van der Waals surface area contributed by atoms with Crippen LogP contribution in [0.25, 0.3) is 6.08 Å². The third-order valence-electron chi connectivity index (χ3n) is 3.63. The van der Waals surface area contributed by atoms with Crippen LogP contribution in [0.1, 0.15) is 21.5 Å². The number of carbonyl (C=O) groups excluding carboxylic acids is 3. The molecule has 0 heterocycles. The highest BCUT2D eigenvalue weighted by Gasteiger charge is 2.09. The predicted molar refractivity (Wildman–Crippen MR) is 103 cm³/mol. The lowest BCUT2D eigenvalue weighted by molar-refractivity contribution is -0.142. The molecule has 0 aliphatic carbocycles. The highest BCUT2D eigenvalue weighted by molar-refractivity contribution is 6.31. The Morgan fingerprint density at radius 1 is 1.11 bits per heavy atom. The highest BCUT2D eigenvalue weighted by atomic mass is 35.5. The molecule has 0 fully saturated rings. The Balaban J connectivity index is 1.84. The molecular formula is C20H18ClNO5. The van der Waals surface area contributed by atoms with Gasteiger partial charge in [0.05, 0.1) is 12.7 Å². The van der Waals surface area contributed by atoms with Gasteiger partial charge in [-0.05, 0) is 48.4 Å². The number of halogens is 1. The van der Waals surface area contributed by atoms with Crippen LogP contribution in [0, 0.1) is 6.92 Å². The molecule has 0 unspecified atom stereocenters. The molecule has 0 atom stereocenters. The van der Waals surface area contributed by atoms with Crippen LogP contribution in [0.3, 0.4) is 0 Å². The molecule has 7 heteroatoms. The van der Waals surface area contributed by atoms with Gasteiger partial charge in [-0.3, -0.25) is 4.79 Å². The van der Waals surface area contributed by atoms with Crippen molar-refractivity contribution in [3.63, 3.8) is 0 Å². The van der Waals surface area contributed by atoms with Crippen LogP contribution in [-0.4, -0.2) is 31.6 Å². The van der Waals surface area contributed by atoms with Crippen molar-refractivity contribution in [1.82, 2.24) is 0 Å². The van der Waals surface area contributed by atoms with E-state index in [0.717, 1.165) is 5.56 Å². The number of benzene rings is 2. The minimum Gasteiger partial charge on any atom is -0.465 e. The van der Waals surface area contributed by atoms with Crippen LogP contribution in [0.5, 0.6) is 0 Å². The van der Waals surface area contributed by atoms with E-state index in [1.165, 1.54) is 19.3 Å². The summed E-state index contributed by atoms with van der Waals surface area (Å²) in [5, 5.41) is 3.17. The van der Waals surface area contributed by atoms with Gasteiger partial charge in [0, 0.05) is 16.8 Å². The first kappa shape index (κ1) is 20.2. The first-order chi connectivity index (χ1) is 12.9. The number of carbonyl (C=O) groups is 3. The summed E-state index contributed by atoms with van der Waals surface area (Å²) in [7, 11) is 1.30. The van der Waals surface area contributed by atoms with Crippen LogP contribution in [0.2, 0.25) is 5.02 Å². The predicted octanol–water partition coefficient (Wildman–Crippen LogP) is 3.63. The van der Waals surface area contributed by atoms with Gasteiger partial charge >= 0.3 is 11.9 Å². The van der Waals surface area contributed by atoms with Gasteiger partial charge in [-0.1, -0.05) is 29.8 Å². The Morgan fingerprint density at radius 2 is 1.81 bits per heavy atom. The molecule has 1 N–H and O–H groups in total. The SMILES string of the molecule is COC(=O)c1ccc(/C=C/C(=O)OCC(=O)Nc2cccc(Cl)c2C)cc1. The van der Waals surface area contributed by atoms with Gasteiger partial charge in [0.2, 0.25) is 0 Å². The van der Waals surface area contributed by atoms with E-state index in [0.29, 0.717) is 21.8 Å². The number of hydrogen-bond acceptors (Lipinski definition) is 5. The summed E-state index contributed by atoms with van der Waals surface area (Å²) in [4.78, 5) is 35.0. The fourth-order valence-electron chi connectivity index (χ4n) is 2.13. The van der Waals surface area contributed by atoms with Crippen molar-refractivity contribution in [1.29, 1.82) is 0 Å². The lowest BCUT2D eigenvalue weighted by Crippen LogP contribution is -2.20. The molecule has 0 spiro atoms. The number of ether oxygens (including phenoxy) is 2. The summed E-state index contributed by atoms with van der Waals surface area (Å²) in [6.07, 6.45) is 2.72. The van der Waals surface area contributed by atoms with Crippen molar-refractivity contribution in [2.75, 3.05) is 19.0 Å². The minimum absolute atomic E-state index is 0.408. The second-order valence-electron chi connectivity index (χ2n) is 5.52. The molecule has 2 rings (SSSR count). The molecule has 27 heavy (non-hydrogen) atoms. The zero-order valence-corrected chi connectivity index (χ0v) is 15.6. The van der Waals surface area contributed by atoms with Crippen molar-refractivity contribution in [3.8, 4) is 0 Å². The first-order valence-electron chi connectivity index (χ1n) is 7.99. The van der Waals surface area contributed by atoms with Crippen LogP contribution in [0.15, 0.2) is 48.5 Å². The number of nitrogens with one attached hydrogen (secondary N) is 1. The molecule has 0 saturated heterocycles. The smallest absolute Gasteiger partial charge is 0.337 e. The standard InChI is InChI=1S/C20H18ClNO5/c1-13-16(21)4-3-5-17(13)22-18(23)12-27-19(24)11-8-14-6-9-15(10-7-14)20(25)26-2/h3-11H,12H2,1-2H3,(H,22,23)/b11-8+. The van der Waals surface area contributed by atoms with Gasteiger partial charge in [-0.15, -0.1) is 0 Å². The number of rotatable bonds is 6. The molecule has 2 aromatic rings. The molecule has 2 aromatic carbocycles. The highest BCUT2D eigenvalue weighted by Crippen LogP contribution is 2.22. The average Bonchev–Trinajstić information content (AvgIpc) is 2.68. The normalized spacial score (nSPS) is 10.5. The number of anilines is 1. The monoisotopic (exact) mass is 387 g/mol. The molecule has 0 saturated carbocycles. The van der Waals surface area contributed by atoms with Gasteiger partial charge in [0.15, 0.2) is 6.61 Å². The lowest BCUT2D eigenvalue weighted by atomic mass is 10.1. The first-order valence-corrected chi connectivity index (χ1v) is 8.36. The lowest BCUT2D eigenvalue weighted by Gasteiger charge is -2.09. The van der Waals surface area contributed by atoms with E-state index in [1.807, 2.05) is 0 Å². The Bertz CT molecular complexity index is 874. The van der Waals surface area contributed by atoms with Gasteiger partial charge in [0.1, 0.15) is 0 Å². The molecule has 0 aliphatic heterocycles. The zero-order chi connectivity index (χ0) is 19.8. The molecule has 0 aromatic heterocycles. The van der Waals surface area contributed by atoms with Crippen molar-refractivity contribution in [2.45, 2.75) is 6.92 Å². The van der Waals surface area contributed by atoms with E-state index in [4.69, 9.17) is 16.3 Å². The summed E-state index contributed by atoms with van der Waals surface area (Å²) >= 11 is 5.99. The molecule has 0 aliphatic rings. The fraction of sp³-hybridized carbons (Fsp3) is 0.150. The zero-order valence-electron chi connectivity index (χ0n) is 14.8. The molecular weight excluding hydrogens is 370 g/mol. The van der Waals surface area contributed by atoms with E-state index in [2.05, 4.69) is 10.1 Å². The van der Waals surface area contributed by atoms with E-state index in [-0.39, 0.29) is 0 Å². The number of methoxy groups -OCH3 is 1. The van der Waals surface area contributed by atoms with E-state index in [1.54, 1.807) is 49.4 Å². The van der Waals surface area contributed by atoms with Gasteiger partial charge in [-0.2, -0.15) is 0 Å². The van der Waals surface area contributed by atoms with Crippen molar-refractivity contribution in [2.24, 2.45) is 0 Å². The minimum atomic E-state index is -0.662. The summed E-state index contributed by atoms with van der Waals surface area (Å²) in [5.74, 6) is -1.57. The maximum Gasteiger partial charge on any atom is 0.337 e. The van der Waals surface area contributed by atoms with Crippen LogP contribution >= 0.6 is 11.6 Å². The Hall–Kier alpha value is -3.12. The van der Waals surface area contributed by atoms with E-state index in [9.17, 15) is 14.4 Å². The van der Waals surface area contributed by atoms with Gasteiger partial charge in [-0.25, -0.2) is 9.59 Å². The second-order valence-corrected chi connectivity index (χ2v) is 5.92. The van der Waals surface area contributed by atoms with Crippen molar-refractivity contribution < 1.29 is 23.9 Å². The van der Waals surface area contributed by atoms with Crippen LogP contribution in [0.4, 0.5) is 5.69 Å². The fourth-order valence-corrected chi connectivity index (χ4v) is 2.30. The van der Waals surface area contributed by atoms with Crippen LogP contribution in [-0.2, 0) is 19.1 Å². The Kier molecular flexibility index (Phi) is 7.14. The van der Waals surface area contributed by atoms with Crippen molar-refractivity contribution >= 4 is 41.2 Å². The molecule has 1 amide bonds. The van der Waals surface area contributed by atoms with E-state index >= 15 is 0 Å². The number of esters is 2. The quantitative estimate of drug-likeness (QED) is 0.604. The average molecular weight is 388 g/mol. The third-order valence-corrected chi connectivity index (χ3v) is 4.04. The molecule has 0 radical (unpaired) electrons. The number of amides is 1. The summed E-state index contributed by atoms with van der Waals surface area (Å²) in [5.41, 5.74) is 2.39. The van der Waals surface area contributed by atoms with Gasteiger partial charge in [0.25, 0.3) is 5.91 Å². The molecule has 0 bridgehead atoms. The number of hydrogen-bond donors (Lipinski definition) is 1. The summed E-state index contributed by atoms with van der Waals surface area (Å²) < 4.78 is 9.51. The maximum atomic E-state index is 11.9. The van der Waals surface area contributed by atoms with E-state index < -0.39 is 24.5 Å². The largest absolute Gasteiger partial charge is 0.465 e. The van der Waals surface area contributed by atoms with Crippen molar-refractivity contribution in [3.05, 3.63) is 70.3 Å². The summed E-state index contributed by atoms with van der Waals surface area (Å²) in [6, 6.07) is 11.6. The molecule has 140 valence electrons. The Labute approximate surface area is 161 Å². The second kappa shape index (κ2) is 9.54. The maximum absolute atomic E-state index is 11.9. The Morgan fingerprint density at radius 3 is 2.48 bits per heavy atom.